The first-order valence-electron chi connectivity index (χ1n) is 7.23. The number of rotatable bonds is 3. The molecule has 0 radical (unpaired) electrons. The van der Waals surface area contributed by atoms with Gasteiger partial charge < -0.3 is 5.11 Å². The fourth-order valence-electron chi connectivity index (χ4n) is 2.76. The fourth-order valence-corrected chi connectivity index (χ4v) is 3.43. The van der Waals surface area contributed by atoms with E-state index in [1.807, 2.05) is 60.7 Å². The van der Waals surface area contributed by atoms with Crippen molar-refractivity contribution < 1.29 is 5.11 Å². The lowest BCUT2D eigenvalue weighted by Crippen LogP contribution is -2.31. The number of hydrogen-bond acceptors (Lipinski definition) is 1. The highest BCUT2D eigenvalue weighted by molar-refractivity contribution is 9.10. The molecule has 3 rings (SSSR count). The molecule has 0 saturated heterocycles. The summed E-state index contributed by atoms with van der Waals surface area (Å²) in [4.78, 5) is 0. The normalized spacial score (nSPS) is 19.0. The Morgan fingerprint density at radius 2 is 1.70 bits per heavy atom. The van der Waals surface area contributed by atoms with Crippen LogP contribution in [-0.4, -0.2) is 9.44 Å². The minimum Gasteiger partial charge on any atom is -0.376 e. The maximum Gasteiger partial charge on any atom is 0.140 e. The number of alkyl halides is 2. The molecule has 1 N–H and O–H groups in total. The maximum absolute atomic E-state index is 11.6. The molecule has 0 heterocycles. The fraction of sp³-hybridized carbons (Fsp3) is 0.158. The van der Waals surface area contributed by atoms with Crippen molar-refractivity contribution in [2.24, 2.45) is 0 Å². The molecule has 0 spiro atoms. The Hall–Kier alpha value is -1.06. The molecule has 1 aliphatic rings. The summed E-state index contributed by atoms with van der Waals surface area (Å²) in [5, 5.41) is 11.6. The molecule has 0 amide bonds. The van der Waals surface area contributed by atoms with Gasteiger partial charge in [-0.15, -0.1) is 0 Å². The number of allylic oxidation sites excluding steroid dienone is 2. The lowest BCUT2D eigenvalue weighted by Gasteiger charge is -2.33. The molecule has 1 aliphatic carbocycles. The van der Waals surface area contributed by atoms with Crippen molar-refractivity contribution in [3.63, 3.8) is 0 Å². The van der Waals surface area contributed by atoms with E-state index in [4.69, 9.17) is 23.2 Å². The summed E-state index contributed by atoms with van der Waals surface area (Å²) in [5.41, 5.74) is 1.08. The Bertz CT molecular complexity index is 768. The molecule has 118 valence electrons. The van der Waals surface area contributed by atoms with Gasteiger partial charge in [0.25, 0.3) is 0 Å². The second-order valence-electron chi connectivity index (χ2n) is 5.54. The van der Waals surface area contributed by atoms with Gasteiger partial charge >= 0.3 is 0 Å². The molecule has 0 bridgehead atoms. The Morgan fingerprint density at radius 3 is 2.30 bits per heavy atom. The van der Waals surface area contributed by atoms with Crippen LogP contribution in [0.25, 0.3) is 0 Å². The van der Waals surface area contributed by atoms with Gasteiger partial charge in [-0.3, -0.25) is 0 Å². The number of halogens is 3. The highest BCUT2D eigenvalue weighted by atomic mass is 79.9. The van der Waals surface area contributed by atoms with E-state index in [1.165, 1.54) is 0 Å². The maximum atomic E-state index is 11.6. The lowest BCUT2D eigenvalue weighted by atomic mass is 9.78. The highest BCUT2D eigenvalue weighted by Crippen LogP contribution is 2.42. The Balaban J connectivity index is 2.16. The van der Waals surface area contributed by atoms with Crippen LogP contribution >= 0.6 is 39.1 Å². The van der Waals surface area contributed by atoms with E-state index in [0.717, 1.165) is 21.2 Å². The van der Waals surface area contributed by atoms with Crippen LogP contribution in [0.4, 0.5) is 0 Å². The average molecular weight is 410 g/mol. The van der Waals surface area contributed by atoms with Crippen molar-refractivity contribution in [3.05, 3.63) is 94.0 Å². The summed E-state index contributed by atoms with van der Waals surface area (Å²) in [7, 11) is 0. The van der Waals surface area contributed by atoms with Crippen LogP contribution in [-0.2, 0) is 5.60 Å². The van der Waals surface area contributed by atoms with E-state index >= 15 is 0 Å². The van der Waals surface area contributed by atoms with E-state index in [-0.39, 0.29) is 0 Å². The van der Waals surface area contributed by atoms with Crippen LogP contribution in [0.2, 0.25) is 0 Å². The largest absolute Gasteiger partial charge is 0.376 e. The smallest absolute Gasteiger partial charge is 0.140 e. The van der Waals surface area contributed by atoms with Crippen LogP contribution in [0.5, 0.6) is 0 Å². The van der Waals surface area contributed by atoms with Crippen LogP contribution in [0, 0.1) is 0 Å². The van der Waals surface area contributed by atoms with E-state index in [1.54, 1.807) is 12.2 Å². The number of hydrogen-bond donors (Lipinski definition) is 1. The second kappa shape index (κ2) is 6.45. The van der Waals surface area contributed by atoms with Crippen molar-refractivity contribution in [1.29, 1.82) is 0 Å². The SMILES string of the molecule is O[C@](C1=CCC(Cl)(Cl)C=C1)(c1ccccc1)c1cccc(Br)c1. The lowest BCUT2D eigenvalue weighted by molar-refractivity contribution is 0.124. The van der Waals surface area contributed by atoms with E-state index in [2.05, 4.69) is 15.9 Å². The van der Waals surface area contributed by atoms with E-state index < -0.39 is 9.93 Å². The summed E-state index contributed by atoms with van der Waals surface area (Å²) < 4.78 is -0.00738. The van der Waals surface area contributed by atoms with Gasteiger partial charge in [-0.2, -0.15) is 0 Å². The number of aliphatic hydroxyl groups is 1. The van der Waals surface area contributed by atoms with Crippen molar-refractivity contribution >= 4 is 39.1 Å². The summed E-state index contributed by atoms with van der Waals surface area (Å²) in [6, 6.07) is 17.3. The molecule has 2 aromatic carbocycles. The first-order chi connectivity index (χ1) is 10.9. The van der Waals surface area contributed by atoms with E-state index in [0.29, 0.717) is 6.42 Å². The minimum atomic E-state index is -1.26. The third-order valence-corrected chi connectivity index (χ3v) is 5.01. The van der Waals surface area contributed by atoms with Crippen LogP contribution < -0.4 is 0 Å². The van der Waals surface area contributed by atoms with Gasteiger partial charge in [0.1, 0.15) is 9.93 Å². The summed E-state index contributed by atoms with van der Waals surface area (Å²) >= 11 is 15.8. The minimum absolute atomic E-state index is 0.449. The molecule has 4 heteroatoms. The van der Waals surface area contributed by atoms with Gasteiger partial charge in [0.2, 0.25) is 0 Å². The topological polar surface area (TPSA) is 20.2 Å². The standard InChI is InChI=1S/C19H15BrCl2O/c20-17-8-4-7-16(13-17)19(23,14-5-2-1-3-6-14)15-9-11-18(21,22)12-10-15/h1-11,13,23H,12H2/t19-/m0/s1. The molecular weight excluding hydrogens is 395 g/mol. The van der Waals surface area contributed by atoms with Gasteiger partial charge in [0, 0.05) is 10.9 Å². The summed E-state index contributed by atoms with van der Waals surface area (Å²) in [6.45, 7) is 0. The van der Waals surface area contributed by atoms with Gasteiger partial charge in [0.05, 0.1) is 0 Å². The van der Waals surface area contributed by atoms with Crippen LogP contribution in [0.1, 0.15) is 17.5 Å². The van der Waals surface area contributed by atoms with Crippen molar-refractivity contribution in [2.45, 2.75) is 16.4 Å². The zero-order valence-corrected chi connectivity index (χ0v) is 15.3. The Kier molecular flexibility index (Phi) is 4.70. The summed E-state index contributed by atoms with van der Waals surface area (Å²) in [5.74, 6) is 0. The first kappa shape index (κ1) is 16.8. The third-order valence-electron chi connectivity index (χ3n) is 3.95. The molecule has 0 aliphatic heterocycles. The second-order valence-corrected chi connectivity index (χ2v) is 8.00. The van der Waals surface area contributed by atoms with Crippen LogP contribution in [0.15, 0.2) is 82.9 Å². The van der Waals surface area contributed by atoms with Gasteiger partial charge in [0.15, 0.2) is 0 Å². The Morgan fingerprint density at radius 1 is 1.00 bits per heavy atom. The number of benzene rings is 2. The van der Waals surface area contributed by atoms with Crippen molar-refractivity contribution in [1.82, 2.24) is 0 Å². The molecule has 2 aromatic rings. The van der Waals surface area contributed by atoms with Gasteiger partial charge in [-0.1, -0.05) is 93.7 Å². The zero-order chi connectivity index (χ0) is 16.5. The molecular formula is C19H15BrCl2O. The molecule has 0 saturated carbocycles. The van der Waals surface area contributed by atoms with Gasteiger partial charge in [-0.05, 0) is 34.9 Å². The molecule has 1 atom stereocenters. The predicted molar refractivity (Wildman–Crippen MR) is 99.9 cm³/mol. The van der Waals surface area contributed by atoms with E-state index in [9.17, 15) is 5.11 Å². The highest BCUT2D eigenvalue weighted by Gasteiger charge is 2.37. The first-order valence-corrected chi connectivity index (χ1v) is 8.78. The molecule has 23 heavy (non-hydrogen) atoms. The molecule has 1 nitrogen and oxygen atoms in total. The van der Waals surface area contributed by atoms with Crippen molar-refractivity contribution in [3.8, 4) is 0 Å². The molecule has 0 fully saturated rings. The molecule has 0 unspecified atom stereocenters. The van der Waals surface area contributed by atoms with Crippen LogP contribution in [0.3, 0.4) is 0 Å². The Labute approximate surface area is 154 Å². The predicted octanol–water partition coefficient (Wildman–Crippen LogP) is 5.75. The molecule has 0 aromatic heterocycles. The average Bonchev–Trinajstić information content (AvgIpc) is 2.55. The third kappa shape index (κ3) is 3.41. The zero-order valence-electron chi connectivity index (χ0n) is 12.2. The quantitative estimate of drug-likeness (QED) is 0.640. The van der Waals surface area contributed by atoms with Gasteiger partial charge in [-0.25, -0.2) is 0 Å². The van der Waals surface area contributed by atoms with Crippen molar-refractivity contribution in [2.75, 3.05) is 0 Å². The monoisotopic (exact) mass is 408 g/mol. The summed E-state index contributed by atoms with van der Waals surface area (Å²) in [6.07, 6.45) is 5.87.